The fourth-order valence-electron chi connectivity index (χ4n) is 2.05. The van der Waals surface area contributed by atoms with Gasteiger partial charge in [-0.2, -0.15) is 0 Å². The third-order valence-corrected chi connectivity index (χ3v) is 3.81. The van der Waals surface area contributed by atoms with Crippen LogP contribution < -0.4 is 5.32 Å². The molecule has 1 aromatic carbocycles. The Morgan fingerprint density at radius 1 is 1.18 bits per heavy atom. The normalized spacial score (nSPS) is 13.6. The number of nitrogens with one attached hydrogen (secondary N) is 1. The van der Waals surface area contributed by atoms with Gasteiger partial charge in [-0.25, -0.2) is 0 Å². The van der Waals surface area contributed by atoms with Crippen LogP contribution in [0, 0.1) is 0 Å². The summed E-state index contributed by atoms with van der Waals surface area (Å²) in [4.78, 5) is 0. The van der Waals surface area contributed by atoms with Crippen LogP contribution in [-0.4, -0.2) is 23.8 Å². The van der Waals surface area contributed by atoms with Crippen LogP contribution in [0.4, 0.5) is 0 Å². The Morgan fingerprint density at radius 3 is 2.24 bits per heavy atom. The molecule has 0 fully saturated rings. The van der Waals surface area contributed by atoms with Crippen molar-refractivity contribution >= 4 is 0 Å². The fourth-order valence-corrected chi connectivity index (χ4v) is 2.05. The van der Waals surface area contributed by atoms with Gasteiger partial charge in [0.15, 0.2) is 0 Å². The van der Waals surface area contributed by atoms with E-state index in [4.69, 9.17) is 0 Å². The van der Waals surface area contributed by atoms with Crippen molar-refractivity contribution in [2.24, 2.45) is 0 Å². The van der Waals surface area contributed by atoms with E-state index in [0.29, 0.717) is 5.92 Å². The lowest BCUT2D eigenvalue weighted by atomic mass is 9.92. The van der Waals surface area contributed by atoms with Crippen molar-refractivity contribution in [1.29, 1.82) is 0 Å². The van der Waals surface area contributed by atoms with Crippen LogP contribution >= 0.6 is 0 Å². The molecule has 0 aromatic heterocycles. The molecule has 96 valence electrons. The van der Waals surface area contributed by atoms with Gasteiger partial charge in [0.2, 0.25) is 0 Å². The highest BCUT2D eigenvalue weighted by atomic mass is 16.3. The smallest absolute Gasteiger partial charge is 0.0613 e. The lowest BCUT2D eigenvalue weighted by molar-refractivity contribution is 0.149. The Bertz CT molecular complexity index is 298. The number of aliphatic hydroxyl groups is 1. The Kier molecular flexibility index (Phi) is 5.66. The molecule has 0 saturated carbocycles. The number of aliphatic hydroxyl groups excluding tert-OH is 1. The zero-order chi connectivity index (χ0) is 12.7. The quantitative estimate of drug-likeness (QED) is 0.761. The van der Waals surface area contributed by atoms with Crippen LogP contribution in [-0.2, 0) is 0 Å². The summed E-state index contributed by atoms with van der Waals surface area (Å²) in [6.45, 7) is 7.59. The molecular formula is C15H25NO. The van der Waals surface area contributed by atoms with Gasteiger partial charge in [0.05, 0.1) is 6.61 Å². The lowest BCUT2D eigenvalue weighted by Gasteiger charge is -2.32. The SMILES string of the molecule is CCC(CC)(CO)NCC(C)c1ccccc1. The first-order valence-electron chi connectivity index (χ1n) is 6.58. The molecule has 1 unspecified atom stereocenters. The van der Waals surface area contributed by atoms with E-state index < -0.39 is 0 Å². The molecule has 0 aliphatic carbocycles. The zero-order valence-corrected chi connectivity index (χ0v) is 11.2. The summed E-state index contributed by atoms with van der Waals surface area (Å²) < 4.78 is 0. The van der Waals surface area contributed by atoms with Crippen LogP contribution in [0.3, 0.4) is 0 Å². The molecule has 0 aliphatic rings. The number of hydrogen-bond donors (Lipinski definition) is 2. The van der Waals surface area contributed by atoms with Crippen LogP contribution in [0.25, 0.3) is 0 Å². The maximum Gasteiger partial charge on any atom is 0.0613 e. The summed E-state index contributed by atoms with van der Waals surface area (Å²) in [6.07, 6.45) is 1.92. The van der Waals surface area contributed by atoms with E-state index in [0.717, 1.165) is 19.4 Å². The van der Waals surface area contributed by atoms with Gasteiger partial charge in [0.1, 0.15) is 0 Å². The molecule has 0 amide bonds. The first-order valence-corrected chi connectivity index (χ1v) is 6.58. The zero-order valence-electron chi connectivity index (χ0n) is 11.2. The Balaban J connectivity index is 2.55. The van der Waals surface area contributed by atoms with Crippen molar-refractivity contribution in [3.63, 3.8) is 0 Å². The van der Waals surface area contributed by atoms with Gasteiger partial charge in [-0.15, -0.1) is 0 Å². The van der Waals surface area contributed by atoms with E-state index >= 15 is 0 Å². The fraction of sp³-hybridized carbons (Fsp3) is 0.600. The maximum absolute atomic E-state index is 9.50. The molecule has 0 saturated heterocycles. The second-order valence-electron chi connectivity index (χ2n) is 4.84. The highest BCUT2D eigenvalue weighted by Gasteiger charge is 2.24. The molecule has 0 radical (unpaired) electrons. The number of hydrogen-bond acceptors (Lipinski definition) is 2. The van der Waals surface area contributed by atoms with Gasteiger partial charge < -0.3 is 10.4 Å². The van der Waals surface area contributed by atoms with E-state index in [1.54, 1.807) is 0 Å². The first kappa shape index (κ1) is 14.2. The highest BCUT2D eigenvalue weighted by Crippen LogP contribution is 2.18. The molecule has 1 rings (SSSR count). The van der Waals surface area contributed by atoms with Crippen LogP contribution in [0.2, 0.25) is 0 Å². The third-order valence-electron chi connectivity index (χ3n) is 3.81. The van der Waals surface area contributed by atoms with E-state index in [2.05, 4.69) is 50.4 Å². The molecule has 1 aromatic rings. The number of benzene rings is 1. The summed E-state index contributed by atoms with van der Waals surface area (Å²) in [5.74, 6) is 0.472. The predicted molar refractivity (Wildman–Crippen MR) is 73.3 cm³/mol. The highest BCUT2D eigenvalue weighted by molar-refractivity contribution is 5.19. The van der Waals surface area contributed by atoms with Crippen LogP contribution in [0.5, 0.6) is 0 Å². The van der Waals surface area contributed by atoms with Gasteiger partial charge in [0.25, 0.3) is 0 Å². The average Bonchev–Trinajstić information content (AvgIpc) is 2.41. The monoisotopic (exact) mass is 235 g/mol. The minimum Gasteiger partial charge on any atom is -0.394 e. The summed E-state index contributed by atoms with van der Waals surface area (Å²) in [7, 11) is 0. The van der Waals surface area contributed by atoms with Crippen LogP contribution in [0.1, 0.15) is 45.1 Å². The molecule has 0 bridgehead atoms. The summed E-state index contributed by atoms with van der Waals surface area (Å²) in [5.41, 5.74) is 1.24. The third kappa shape index (κ3) is 3.83. The van der Waals surface area contributed by atoms with Gasteiger partial charge in [-0.3, -0.25) is 0 Å². The van der Waals surface area contributed by atoms with E-state index in [9.17, 15) is 5.11 Å². The van der Waals surface area contributed by atoms with E-state index in [1.807, 2.05) is 6.07 Å². The Morgan fingerprint density at radius 2 is 1.76 bits per heavy atom. The molecule has 2 N–H and O–H groups in total. The Labute approximate surface area is 105 Å². The topological polar surface area (TPSA) is 32.3 Å². The average molecular weight is 235 g/mol. The molecule has 0 spiro atoms. The van der Waals surface area contributed by atoms with E-state index in [-0.39, 0.29) is 12.1 Å². The van der Waals surface area contributed by atoms with Gasteiger partial charge >= 0.3 is 0 Å². The number of rotatable bonds is 7. The first-order chi connectivity index (χ1) is 8.17. The second-order valence-corrected chi connectivity index (χ2v) is 4.84. The summed E-state index contributed by atoms with van der Waals surface area (Å²) in [6, 6.07) is 10.5. The second kappa shape index (κ2) is 6.77. The molecular weight excluding hydrogens is 210 g/mol. The molecule has 2 nitrogen and oxygen atoms in total. The van der Waals surface area contributed by atoms with Crippen molar-refractivity contribution in [1.82, 2.24) is 5.32 Å². The van der Waals surface area contributed by atoms with Crippen molar-refractivity contribution < 1.29 is 5.11 Å². The summed E-state index contributed by atoms with van der Waals surface area (Å²) in [5, 5.41) is 13.0. The molecule has 0 aliphatic heterocycles. The van der Waals surface area contributed by atoms with Gasteiger partial charge in [0, 0.05) is 12.1 Å². The van der Waals surface area contributed by atoms with Gasteiger partial charge in [-0.1, -0.05) is 51.1 Å². The maximum atomic E-state index is 9.50. The van der Waals surface area contributed by atoms with Crippen molar-refractivity contribution in [3.8, 4) is 0 Å². The van der Waals surface area contributed by atoms with Crippen LogP contribution in [0.15, 0.2) is 30.3 Å². The van der Waals surface area contributed by atoms with Gasteiger partial charge in [-0.05, 0) is 24.3 Å². The van der Waals surface area contributed by atoms with Crippen molar-refractivity contribution in [2.75, 3.05) is 13.2 Å². The molecule has 1 atom stereocenters. The minimum absolute atomic E-state index is 0.108. The predicted octanol–water partition coefficient (Wildman–Crippen LogP) is 2.93. The standard InChI is InChI=1S/C15H25NO/c1-4-15(5-2,12-17)16-11-13(3)14-9-7-6-8-10-14/h6-10,13,16-17H,4-5,11-12H2,1-3H3. The molecule has 0 heterocycles. The Hall–Kier alpha value is -0.860. The molecule has 2 heteroatoms. The minimum atomic E-state index is -0.108. The van der Waals surface area contributed by atoms with Crippen molar-refractivity contribution in [3.05, 3.63) is 35.9 Å². The summed E-state index contributed by atoms with van der Waals surface area (Å²) >= 11 is 0. The van der Waals surface area contributed by atoms with Crippen molar-refractivity contribution in [2.45, 2.75) is 45.1 Å². The van der Waals surface area contributed by atoms with E-state index in [1.165, 1.54) is 5.56 Å². The lowest BCUT2D eigenvalue weighted by Crippen LogP contribution is -2.48. The molecule has 17 heavy (non-hydrogen) atoms. The largest absolute Gasteiger partial charge is 0.394 e.